The Labute approximate surface area is 236 Å². The van der Waals surface area contributed by atoms with E-state index < -0.39 is 46.6 Å². The SMILES string of the molecule is CCC(C[N+]1=Cc2ccccc2CC1)S(=O)(=O)[O-].O=S(=O)([O-])CC(CC[N+]1=Cc2ccccc2CC1)S(=O)(=O)O. The van der Waals surface area contributed by atoms with E-state index in [1.807, 2.05) is 64.0 Å². The van der Waals surface area contributed by atoms with Crippen molar-refractivity contribution in [3.05, 3.63) is 70.8 Å². The Morgan fingerprint density at radius 2 is 1.30 bits per heavy atom. The minimum absolute atomic E-state index is 0.126. The van der Waals surface area contributed by atoms with Crippen LogP contribution in [0, 0.1) is 0 Å². The third kappa shape index (κ3) is 9.85. The summed E-state index contributed by atoms with van der Waals surface area (Å²) >= 11 is 0. The molecular weight excluding hydrogens is 580 g/mol. The molecule has 0 fully saturated rings. The fourth-order valence-electron chi connectivity index (χ4n) is 4.69. The molecule has 11 nitrogen and oxygen atoms in total. The normalized spacial score (nSPS) is 16.8. The van der Waals surface area contributed by atoms with Crippen molar-refractivity contribution >= 4 is 42.8 Å². The van der Waals surface area contributed by atoms with Gasteiger partial charge in [-0.25, -0.2) is 26.0 Å². The van der Waals surface area contributed by atoms with Crippen molar-refractivity contribution in [2.24, 2.45) is 0 Å². The summed E-state index contributed by atoms with van der Waals surface area (Å²) in [5, 5.41) is -2.42. The van der Waals surface area contributed by atoms with Crippen molar-refractivity contribution in [3.63, 3.8) is 0 Å². The van der Waals surface area contributed by atoms with Crippen LogP contribution in [-0.2, 0) is 43.2 Å². The average molecular weight is 615 g/mol. The van der Waals surface area contributed by atoms with E-state index >= 15 is 0 Å². The third-order valence-corrected chi connectivity index (χ3v) is 10.5. The smallest absolute Gasteiger partial charge is 0.268 e. The van der Waals surface area contributed by atoms with E-state index in [-0.39, 0.29) is 19.5 Å². The zero-order valence-corrected chi connectivity index (χ0v) is 24.6. The predicted molar refractivity (Wildman–Crippen MR) is 149 cm³/mol. The van der Waals surface area contributed by atoms with E-state index in [9.17, 15) is 34.4 Å². The summed E-state index contributed by atoms with van der Waals surface area (Å²) in [5.74, 6) is -1.11. The van der Waals surface area contributed by atoms with Crippen LogP contribution in [0.1, 0.15) is 42.0 Å². The zero-order chi connectivity index (χ0) is 29.6. The van der Waals surface area contributed by atoms with Gasteiger partial charge in [0.2, 0.25) is 0 Å². The lowest BCUT2D eigenvalue weighted by atomic mass is 10.0. The Morgan fingerprint density at radius 1 is 0.800 bits per heavy atom. The summed E-state index contributed by atoms with van der Waals surface area (Å²) in [6.07, 6.45) is 5.74. The number of hydrogen-bond donors (Lipinski definition) is 1. The summed E-state index contributed by atoms with van der Waals surface area (Å²) < 4.78 is 101. The standard InChI is InChI=1S/C13H17NO6S2.C13H17NO3S/c15-21(16,17)10-13(22(18,19)20)6-8-14-7-5-11-3-1-2-4-12(11)9-14;1-2-13(18(15,16)17)10-14-8-7-11-5-3-4-6-12(11)9-14/h1-4,9,13H,5-8,10H2,(H-,15,16,17,18,19,20);3-6,9,13H,2,7-8,10H2,1H3. The molecule has 0 radical (unpaired) electrons. The molecule has 2 heterocycles. The van der Waals surface area contributed by atoms with E-state index in [0.717, 1.165) is 30.5 Å². The lowest BCUT2D eigenvalue weighted by molar-refractivity contribution is -0.524. The Kier molecular flexibility index (Phi) is 10.8. The first-order valence-electron chi connectivity index (χ1n) is 12.8. The maximum atomic E-state index is 11.2. The highest BCUT2D eigenvalue weighted by Crippen LogP contribution is 2.14. The Bertz CT molecular complexity index is 1580. The van der Waals surface area contributed by atoms with Crippen LogP contribution in [0.15, 0.2) is 48.5 Å². The van der Waals surface area contributed by atoms with Gasteiger partial charge in [0.15, 0.2) is 19.0 Å². The van der Waals surface area contributed by atoms with Gasteiger partial charge < -0.3 is 9.11 Å². The van der Waals surface area contributed by atoms with Crippen LogP contribution in [0.2, 0.25) is 0 Å². The summed E-state index contributed by atoms with van der Waals surface area (Å²) in [6, 6.07) is 15.8. The van der Waals surface area contributed by atoms with Crippen LogP contribution < -0.4 is 0 Å². The summed E-state index contributed by atoms with van der Waals surface area (Å²) in [4.78, 5) is 0. The van der Waals surface area contributed by atoms with Gasteiger partial charge >= 0.3 is 0 Å². The van der Waals surface area contributed by atoms with Gasteiger partial charge in [-0.05, 0) is 29.7 Å². The molecule has 2 unspecified atom stereocenters. The molecule has 2 aliphatic rings. The third-order valence-electron chi connectivity index (χ3n) is 6.94. The van der Waals surface area contributed by atoms with Gasteiger partial charge in [-0.1, -0.05) is 43.3 Å². The Balaban J connectivity index is 0.000000225. The zero-order valence-electron chi connectivity index (χ0n) is 22.1. The van der Waals surface area contributed by atoms with Crippen LogP contribution in [0.5, 0.6) is 0 Å². The number of hydrogen-bond acceptors (Lipinski definition) is 8. The number of rotatable bonds is 10. The van der Waals surface area contributed by atoms with Crippen LogP contribution >= 0.6 is 0 Å². The van der Waals surface area contributed by atoms with Gasteiger partial charge in [0.25, 0.3) is 10.1 Å². The highest BCUT2D eigenvalue weighted by molar-refractivity contribution is 7.90. The first kappa shape index (κ1) is 32.0. The van der Waals surface area contributed by atoms with Gasteiger partial charge in [0.1, 0.15) is 40.3 Å². The molecule has 2 aromatic rings. The van der Waals surface area contributed by atoms with Crippen LogP contribution in [-0.4, -0.2) is 103 Å². The fraction of sp³-hybridized carbons (Fsp3) is 0.462. The van der Waals surface area contributed by atoms with Crippen molar-refractivity contribution in [3.8, 4) is 0 Å². The first-order chi connectivity index (χ1) is 18.7. The molecule has 0 saturated carbocycles. The Hall–Kier alpha value is -2.49. The quantitative estimate of drug-likeness (QED) is 0.301. The summed E-state index contributed by atoms with van der Waals surface area (Å²) in [6.45, 7) is 3.70. The average Bonchev–Trinajstić information content (AvgIpc) is 2.88. The molecule has 2 aliphatic heterocycles. The highest BCUT2D eigenvalue weighted by atomic mass is 32.2. The molecule has 220 valence electrons. The molecule has 2 aromatic carbocycles. The molecular formula is C26H34N2O9S3. The minimum atomic E-state index is -4.73. The van der Waals surface area contributed by atoms with Gasteiger partial charge in [0.05, 0.1) is 15.9 Å². The Morgan fingerprint density at radius 3 is 1.77 bits per heavy atom. The van der Waals surface area contributed by atoms with Crippen molar-refractivity contribution in [1.82, 2.24) is 0 Å². The van der Waals surface area contributed by atoms with Gasteiger partial charge in [-0.2, -0.15) is 8.42 Å². The van der Waals surface area contributed by atoms with Crippen molar-refractivity contribution in [2.45, 2.75) is 43.1 Å². The lowest BCUT2D eigenvalue weighted by Crippen LogP contribution is -2.34. The molecule has 40 heavy (non-hydrogen) atoms. The number of nitrogens with zero attached hydrogens (tertiary/aromatic N) is 2. The topological polar surface area (TPSA) is 175 Å². The minimum Gasteiger partial charge on any atom is -0.748 e. The van der Waals surface area contributed by atoms with Crippen molar-refractivity contribution in [2.75, 3.05) is 31.9 Å². The molecule has 0 aliphatic carbocycles. The van der Waals surface area contributed by atoms with E-state index in [4.69, 9.17) is 4.55 Å². The monoisotopic (exact) mass is 614 g/mol. The summed E-state index contributed by atoms with van der Waals surface area (Å²) in [7, 11) is -13.5. The molecule has 2 atom stereocenters. The van der Waals surface area contributed by atoms with Gasteiger partial charge in [-0.3, -0.25) is 4.55 Å². The second-order valence-electron chi connectivity index (χ2n) is 9.86. The largest absolute Gasteiger partial charge is 0.748 e. The molecule has 1 N–H and O–H groups in total. The van der Waals surface area contributed by atoms with Crippen molar-refractivity contribution < 1.29 is 48.1 Å². The molecule has 0 spiro atoms. The summed E-state index contributed by atoms with van der Waals surface area (Å²) in [5.41, 5.74) is 4.59. The molecule has 0 aromatic heterocycles. The van der Waals surface area contributed by atoms with Crippen molar-refractivity contribution in [1.29, 1.82) is 0 Å². The van der Waals surface area contributed by atoms with Crippen LogP contribution in [0.4, 0.5) is 0 Å². The van der Waals surface area contributed by atoms with Gasteiger partial charge in [0, 0.05) is 30.4 Å². The second kappa shape index (κ2) is 13.4. The van der Waals surface area contributed by atoms with Crippen LogP contribution in [0.25, 0.3) is 0 Å². The van der Waals surface area contributed by atoms with E-state index in [0.29, 0.717) is 13.0 Å². The fourth-order valence-corrected chi connectivity index (χ4v) is 7.68. The number of benzene rings is 2. The molecule has 0 amide bonds. The molecule has 14 heteroatoms. The second-order valence-corrected chi connectivity index (χ2v) is 14.7. The highest BCUT2D eigenvalue weighted by Gasteiger charge is 2.28. The first-order valence-corrected chi connectivity index (χ1v) is 17.4. The molecule has 4 rings (SSSR count). The number of fused-ring (bicyclic) bond motifs is 2. The van der Waals surface area contributed by atoms with Gasteiger partial charge in [-0.15, -0.1) is 0 Å². The van der Waals surface area contributed by atoms with E-state index in [2.05, 4.69) is 6.07 Å². The maximum Gasteiger partial charge on any atom is 0.268 e. The van der Waals surface area contributed by atoms with E-state index in [1.165, 1.54) is 11.1 Å². The van der Waals surface area contributed by atoms with Crippen LogP contribution in [0.3, 0.4) is 0 Å². The molecule has 0 saturated heterocycles. The van der Waals surface area contributed by atoms with E-state index in [1.54, 1.807) is 6.92 Å². The predicted octanol–water partition coefficient (Wildman–Crippen LogP) is 0.864. The molecule has 0 bridgehead atoms. The lowest BCUT2D eigenvalue weighted by Gasteiger charge is -2.19. The maximum absolute atomic E-state index is 11.2.